The Bertz CT molecular complexity index is 553. The fourth-order valence-corrected chi connectivity index (χ4v) is 2.37. The van der Waals surface area contributed by atoms with E-state index in [2.05, 4.69) is 0 Å². The molecular weight excluding hydrogens is 264 g/mol. The third-order valence-corrected chi connectivity index (χ3v) is 3.67. The average Bonchev–Trinajstić information content (AvgIpc) is 2.34. The summed E-state index contributed by atoms with van der Waals surface area (Å²) in [6.45, 7) is 6.48. The van der Waals surface area contributed by atoms with Crippen molar-refractivity contribution in [3.05, 3.63) is 29.8 Å². The molecule has 19 heavy (non-hydrogen) atoms. The van der Waals surface area contributed by atoms with Gasteiger partial charge in [0, 0.05) is 18.2 Å². The molecule has 0 spiro atoms. The van der Waals surface area contributed by atoms with E-state index in [1.165, 1.54) is 18.2 Å². The van der Waals surface area contributed by atoms with Gasteiger partial charge in [-0.05, 0) is 38.5 Å². The van der Waals surface area contributed by atoms with Crippen molar-refractivity contribution >= 4 is 15.9 Å². The quantitative estimate of drug-likeness (QED) is 0.891. The lowest BCUT2D eigenvalue weighted by Crippen LogP contribution is -2.37. The van der Waals surface area contributed by atoms with Crippen LogP contribution in [0.1, 0.15) is 37.6 Å². The highest BCUT2D eigenvalue weighted by Crippen LogP contribution is 2.14. The molecule has 1 aromatic carbocycles. The van der Waals surface area contributed by atoms with Crippen molar-refractivity contribution in [2.75, 3.05) is 6.54 Å². The van der Waals surface area contributed by atoms with Crippen molar-refractivity contribution in [3.8, 4) is 0 Å². The average molecular weight is 284 g/mol. The van der Waals surface area contributed by atoms with Crippen LogP contribution in [0.5, 0.6) is 0 Å². The maximum Gasteiger partial charge on any atom is 0.254 e. The van der Waals surface area contributed by atoms with E-state index < -0.39 is 10.0 Å². The number of nitrogens with two attached hydrogens (primary N) is 1. The van der Waals surface area contributed by atoms with E-state index in [0.717, 1.165) is 6.42 Å². The van der Waals surface area contributed by atoms with E-state index in [4.69, 9.17) is 5.14 Å². The molecule has 106 valence electrons. The van der Waals surface area contributed by atoms with E-state index >= 15 is 0 Å². The lowest BCUT2D eigenvalue weighted by Gasteiger charge is -2.26. The van der Waals surface area contributed by atoms with Gasteiger partial charge in [-0.15, -0.1) is 0 Å². The van der Waals surface area contributed by atoms with Gasteiger partial charge in [0.25, 0.3) is 5.91 Å². The lowest BCUT2D eigenvalue weighted by atomic mass is 10.1. The van der Waals surface area contributed by atoms with Gasteiger partial charge in [0.15, 0.2) is 0 Å². The number of carbonyl (C=O) groups excluding carboxylic acids is 1. The molecule has 2 N–H and O–H groups in total. The molecule has 1 aromatic rings. The molecular formula is C13H20N2O3S. The van der Waals surface area contributed by atoms with E-state index in [1.807, 2.05) is 20.8 Å². The summed E-state index contributed by atoms with van der Waals surface area (Å²) in [4.78, 5) is 14.0. The van der Waals surface area contributed by atoms with Crippen molar-refractivity contribution in [1.82, 2.24) is 4.90 Å². The molecule has 0 heterocycles. The lowest BCUT2D eigenvalue weighted by molar-refractivity contribution is 0.0705. The fraction of sp³-hybridized carbons (Fsp3) is 0.462. The highest BCUT2D eigenvalue weighted by atomic mass is 32.2. The molecule has 0 bridgehead atoms. The summed E-state index contributed by atoms with van der Waals surface area (Å²) in [5, 5.41) is 5.07. The number of primary sulfonamides is 1. The second kappa shape index (κ2) is 6.16. The van der Waals surface area contributed by atoms with Crippen molar-refractivity contribution < 1.29 is 13.2 Å². The molecule has 0 aliphatic rings. The molecule has 0 aromatic heterocycles. The van der Waals surface area contributed by atoms with Crippen molar-refractivity contribution in [2.45, 2.75) is 38.1 Å². The highest BCUT2D eigenvalue weighted by Gasteiger charge is 2.19. The van der Waals surface area contributed by atoms with Gasteiger partial charge in [0.1, 0.15) is 0 Å². The van der Waals surface area contributed by atoms with Crippen LogP contribution < -0.4 is 5.14 Å². The number of nitrogens with zero attached hydrogens (tertiary/aromatic N) is 1. The largest absolute Gasteiger partial charge is 0.336 e. The Labute approximate surface area is 114 Å². The topological polar surface area (TPSA) is 80.5 Å². The molecule has 0 saturated carbocycles. The molecule has 1 rings (SSSR count). The number of carbonyl (C=O) groups is 1. The number of rotatable bonds is 5. The summed E-state index contributed by atoms with van der Waals surface area (Å²) < 4.78 is 22.6. The molecule has 0 aliphatic carbocycles. The van der Waals surface area contributed by atoms with Crippen LogP contribution in [-0.4, -0.2) is 31.8 Å². The summed E-state index contributed by atoms with van der Waals surface area (Å²) >= 11 is 0. The normalized spacial score (nSPS) is 11.6. The van der Waals surface area contributed by atoms with Crippen LogP contribution in [0.4, 0.5) is 0 Å². The maximum atomic E-state index is 12.3. The van der Waals surface area contributed by atoms with Crippen molar-refractivity contribution in [3.63, 3.8) is 0 Å². The first-order chi connectivity index (χ1) is 8.77. The van der Waals surface area contributed by atoms with Gasteiger partial charge in [0.05, 0.1) is 4.90 Å². The first-order valence-electron chi connectivity index (χ1n) is 6.21. The van der Waals surface area contributed by atoms with E-state index in [9.17, 15) is 13.2 Å². The third kappa shape index (κ3) is 4.04. The van der Waals surface area contributed by atoms with Gasteiger partial charge in [-0.3, -0.25) is 4.79 Å². The van der Waals surface area contributed by atoms with Crippen LogP contribution in [0.2, 0.25) is 0 Å². The van der Waals surface area contributed by atoms with Crippen molar-refractivity contribution in [1.29, 1.82) is 0 Å². The highest BCUT2D eigenvalue weighted by molar-refractivity contribution is 7.89. The minimum atomic E-state index is -3.79. The number of hydrogen-bond acceptors (Lipinski definition) is 3. The zero-order valence-corrected chi connectivity index (χ0v) is 12.3. The summed E-state index contributed by atoms with van der Waals surface area (Å²) in [7, 11) is -3.79. The SMILES string of the molecule is CCCN(C(=O)c1cccc(S(N)(=O)=O)c1)C(C)C. The zero-order chi connectivity index (χ0) is 14.6. The van der Waals surface area contributed by atoms with E-state index in [-0.39, 0.29) is 16.8 Å². The summed E-state index contributed by atoms with van der Waals surface area (Å²) in [6, 6.07) is 5.89. The molecule has 0 atom stereocenters. The smallest absolute Gasteiger partial charge is 0.254 e. The molecule has 5 nitrogen and oxygen atoms in total. The Morgan fingerprint density at radius 1 is 1.37 bits per heavy atom. The first-order valence-corrected chi connectivity index (χ1v) is 7.75. The van der Waals surface area contributed by atoms with Gasteiger partial charge in [0.2, 0.25) is 10.0 Å². The number of benzene rings is 1. The number of hydrogen-bond donors (Lipinski definition) is 1. The third-order valence-electron chi connectivity index (χ3n) is 2.76. The van der Waals surface area contributed by atoms with E-state index in [0.29, 0.717) is 12.1 Å². The second-order valence-corrected chi connectivity index (χ2v) is 6.23. The number of sulfonamides is 1. The first kappa shape index (κ1) is 15.7. The van der Waals surface area contributed by atoms with Gasteiger partial charge < -0.3 is 4.90 Å². The van der Waals surface area contributed by atoms with Crippen molar-refractivity contribution in [2.24, 2.45) is 5.14 Å². The molecule has 0 aliphatic heterocycles. The van der Waals surface area contributed by atoms with Gasteiger partial charge >= 0.3 is 0 Å². The molecule has 6 heteroatoms. The van der Waals surface area contributed by atoms with Gasteiger partial charge in [-0.2, -0.15) is 0 Å². The maximum absolute atomic E-state index is 12.3. The predicted octanol–water partition coefficient (Wildman–Crippen LogP) is 1.59. The van der Waals surface area contributed by atoms with Crippen LogP contribution in [-0.2, 0) is 10.0 Å². The van der Waals surface area contributed by atoms with Crippen LogP contribution in [0, 0.1) is 0 Å². The van der Waals surface area contributed by atoms with E-state index in [1.54, 1.807) is 11.0 Å². The predicted molar refractivity (Wildman–Crippen MR) is 74.3 cm³/mol. The molecule has 0 radical (unpaired) electrons. The minimum absolute atomic E-state index is 0.0430. The van der Waals surface area contributed by atoms with Crippen LogP contribution in [0.25, 0.3) is 0 Å². The Morgan fingerprint density at radius 2 is 2.00 bits per heavy atom. The van der Waals surface area contributed by atoms with Gasteiger partial charge in [-0.1, -0.05) is 13.0 Å². The molecule has 0 saturated heterocycles. The molecule has 0 unspecified atom stereocenters. The Morgan fingerprint density at radius 3 is 2.47 bits per heavy atom. The Balaban J connectivity index is 3.12. The van der Waals surface area contributed by atoms with Crippen LogP contribution in [0.15, 0.2) is 29.2 Å². The second-order valence-electron chi connectivity index (χ2n) is 4.67. The Hall–Kier alpha value is -1.40. The summed E-state index contributed by atoms with van der Waals surface area (Å²) in [5.41, 5.74) is 0.341. The van der Waals surface area contributed by atoms with Crippen LogP contribution >= 0.6 is 0 Å². The zero-order valence-electron chi connectivity index (χ0n) is 11.5. The summed E-state index contributed by atoms with van der Waals surface area (Å²) in [6.07, 6.45) is 0.846. The minimum Gasteiger partial charge on any atom is -0.336 e. The fourth-order valence-electron chi connectivity index (χ4n) is 1.81. The monoisotopic (exact) mass is 284 g/mol. The summed E-state index contributed by atoms with van der Waals surface area (Å²) in [5.74, 6) is -0.178. The van der Waals surface area contributed by atoms with Crippen LogP contribution in [0.3, 0.4) is 0 Å². The standard InChI is InChI=1S/C13H20N2O3S/c1-4-8-15(10(2)3)13(16)11-6-5-7-12(9-11)19(14,17)18/h5-7,9-10H,4,8H2,1-3H3,(H2,14,17,18). The van der Waals surface area contributed by atoms with Gasteiger partial charge in [-0.25, -0.2) is 13.6 Å². The molecule has 0 fully saturated rings. The number of amides is 1. The molecule has 1 amide bonds. The Kier molecular flexibility index (Phi) is 5.08.